The van der Waals surface area contributed by atoms with E-state index in [0.29, 0.717) is 41.8 Å². The quantitative estimate of drug-likeness (QED) is 0.528. The fourth-order valence-electron chi connectivity index (χ4n) is 3.53. The molecule has 3 aromatic heterocycles. The first-order valence-electron chi connectivity index (χ1n) is 8.66. The van der Waals surface area contributed by atoms with Crippen LogP contribution in [0.25, 0.3) is 33.3 Å². The molecular weight excluding hydrogens is 366 g/mol. The van der Waals surface area contributed by atoms with Crippen LogP contribution in [0.2, 0.25) is 5.15 Å². The summed E-state index contributed by atoms with van der Waals surface area (Å²) in [6.45, 7) is 2.76. The van der Waals surface area contributed by atoms with Gasteiger partial charge in [-0.3, -0.25) is 4.98 Å². The summed E-state index contributed by atoms with van der Waals surface area (Å²) in [5.41, 5.74) is 2.75. The van der Waals surface area contributed by atoms with E-state index in [2.05, 4.69) is 15.0 Å². The Balaban J connectivity index is 1.67. The summed E-state index contributed by atoms with van der Waals surface area (Å²) in [6.07, 6.45) is 4.01. The van der Waals surface area contributed by atoms with Crippen LogP contribution >= 0.6 is 11.6 Å². The molecule has 136 valence electrons. The smallest absolute Gasteiger partial charge is 0.229 e. The lowest BCUT2D eigenvalue weighted by molar-refractivity contribution is 0.0233. The largest absolute Gasteiger partial charge is 0.436 e. The summed E-state index contributed by atoms with van der Waals surface area (Å²) < 4.78 is 11.3. The molecule has 0 aliphatic carbocycles. The maximum atomic E-state index is 10.7. The fraction of sp³-hybridized carbons (Fsp3) is 0.250. The molecule has 1 aliphatic heterocycles. The van der Waals surface area contributed by atoms with Gasteiger partial charge in [0.25, 0.3) is 0 Å². The zero-order valence-corrected chi connectivity index (χ0v) is 15.3. The van der Waals surface area contributed by atoms with Crippen LogP contribution in [0.15, 0.2) is 41.1 Å². The van der Waals surface area contributed by atoms with Crippen molar-refractivity contribution in [2.75, 3.05) is 13.2 Å². The Kier molecular flexibility index (Phi) is 3.69. The van der Waals surface area contributed by atoms with Gasteiger partial charge >= 0.3 is 0 Å². The molecule has 1 saturated heterocycles. The first-order chi connectivity index (χ1) is 13.0. The van der Waals surface area contributed by atoms with E-state index in [0.717, 1.165) is 27.6 Å². The predicted octanol–water partition coefficient (Wildman–Crippen LogP) is 4.01. The molecular formula is C20H16ClN3O3. The van der Waals surface area contributed by atoms with Gasteiger partial charge in [0.05, 0.1) is 12.2 Å². The summed E-state index contributed by atoms with van der Waals surface area (Å²) in [5, 5.41) is 12.9. The highest BCUT2D eigenvalue weighted by Gasteiger charge is 2.34. The van der Waals surface area contributed by atoms with E-state index in [1.165, 1.54) is 0 Å². The van der Waals surface area contributed by atoms with E-state index in [9.17, 15) is 5.11 Å². The highest BCUT2D eigenvalue weighted by molar-refractivity contribution is 6.30. The minimum atomic E-state index is -0.968. The third-order valence-electron chi connectivity index (χ3n) is 5.09. The maximum absolute atomic E-state index is 10.7. The van der Waals surface area contributed by atoms with E-state index < -0.39 is 5.60 Å². The molecule has 0 spiro atoms. The number of oxazole rings is 1. The average molecular weight is 382 g/mol. The van der Waals surface area contributed by atoms with Crippen LogP contribution < -0.4 is 0 Å². The molecule has 27 heavy (non-hydrogen) atoms. The van der Waals surface area contributed by atoms with Crippen molar-refractivity contribution >= 4 is 33.5 Å². The van der Waals surface area contributed by atoms with Gasteiger partial charge in [-0.15, -0.1) is 0 Å². The van der Waals surface area contributed by atoms with Crippen LogP contribution in [-0.2, 0) is 10.3 Å². The van der Waals surface area contributed by atoms with Crippen LogP contribution in [0.1, 0.15) is 17.7 Å². The van der Waals surface area contributed by atoms with E-state index in [4.69, 9.17) is 20.8 Å². The number of aryl methyl sites for hydroxylation is 1. The van der Waals surface area contributed by atoms with E-state index >= 15 is 0 Å². The third kappa shape index (κ3) is 2.68. The summed E-state index contributed by atoms with van der Waals surface area (Å²) in [7, 11) is 0. The number of halogens is 1. The molecule has 1 fully saturated rings. The van der Waals surface area contributed by atoms with Gasteiger partial charge < -0.3 is 14.3 Å². The molecule has 0 saturated carbocycles. The second-order valence-corrected chi connectivity index (χ2v) is 7.23. The summed E-state index contributed by atoms with van der Waals surface area (Å²) in [6, 6.07) is 7.34. The van der Waals surface area contributed by atoms with Gasteiger partial charge in [-0.05, 0) is 30.7 Å². The van der Waals surface area contributed by atoms with Gasteiger partial charge in [0.1, 0.15) is 16.3 Å². The lowest BCUT2D eigenvalue weighted by atomic mass is 9.93. The van der Waals surface area contributed by atoms with Crippen LogP contribution in [0.4, 0.5) is 0 Å². The number of benzene rings is 1. The summed E-state index contributed by atoms with van der Waals surface area (Å²) >= 11 is 6.10. The lowest BCUT2D eigenvalue weighted by Gasteiger charge is -2.20. The fourth-order valence-corrected chi connectivity index (χ4v) is 3.68. The predicted molar refractivity (Wildman–Crippen MR) is 102 cm³/mol. The lowest BCUT2D eigenvalue weighted by Crippen LogP contribution is -2.25. The van der Waals surface area contributed by atoms with Crippen LogP contribution in [0.3, 0.4) is 0 Å². The number of ether oxygens (including phenoxy) is 1. The zero-order chi connectivity index (χ0) is 18.6. The number of aromatic nitrogens is 3. The van der Waals surface area contributed by atoms with Crippen molar-refractivity contribution in [1.82, 2.24) is 15.0 Å². The highest BCUT2D eigenvalue weighted by Crippen LogP contribution is 2.35. The molecule has 1 N–H and O–H groups in total. The van der Waals surface area contributed by atoms with Crippen LogP contribution in [0.5, 0.6) is 0 Å². The highest BCUT2D eigenvalue weighted by atomic mass is 35.5. The molecule has 1 aromatic carbocycles. The van der Waals surface area contributed by atoms with Gasteiger partial charge in [-0.2, -0.15) is 0 Å². The first kappa shape index (κ1) is 16.6. The molecule has 4 heterocycles. The molecule has 6 nitrogen and oxygen atoms in total. The Morgan fingerprint density at radius 2 is 2.04 bits per heavy atom. The maximum Gasteiger partial charge on any atom is 0.229 e. The Bertz CT molecular complexity index is 1180. The Labute approximate surface area is 159 Å². The zero-order valence-electron chi connectivity index (χ0n) is 14.6. The first-order valence-corrected chi connectivity index (χ1v) is 9.04. The van der Waals surface area contributed by atoms with Crippen molar-refractivity contribution in [3.05, 3.63) is 53.1 Å². The molecule has 7 heteroatoms. The second kappa shape index (κ2) is 5.99. The molecule has 5 rings (SSSR count). The molecule has 0 bridgehead atoms. The standard InChI is InChI=1S/C20H16ClN3O3/c1-11-14-8-23-18(21)7-13(14)15(9-22-11)19-24-16-6-12(2-3-17(16)27-19)20(25)4-5-26-10-20/h2-3,6-9,25H,4-5,10H2,1H3. The Morgan fingerprint density at radius 3 is 2.85 bits per heavy atom. The van der Waals surface area contributed by atoms with Gasteiger partial charge in [-0.25, -0.2) is 9.97 Å². The molecule has 1 unspecified atom stereocenters. The van der Waals surface area contributed by atoms with Crippen molar-refractivity contribution in [2.24, 2.45) is 0 Å². The van der Waals surface area contributed by atoms with E-state index in [-0.39, 0.29) is 0 Å². The third-order valence-corrected chi connectivity index (χ3v) is 5.30. The number of aliphatic hydroxyl groups is 1. The van der Waals surface area contributed by atoms with Crippen molar-refractivity contribution in [1.29, 1.82) is 0 Å². The van der Waals surface area contributed by atoms with Crippen molar-refractivity contribution < 1.29 is 14.3 Å². The van der Waals surface area contributed by atoms with Gasteiger partial charge in [0.2, 0.25) is 5.89 Å². The van der Waals surface area contributed by atoms with E-state index in [1.807, 2.05) is 25.1 Å². The normalized spacial score (nSPS) is 20.0. The number of pyridine rings is 2. The second-order valence-electron chi connectivity index (χ2n) is 6.85. The summed E-state index contributed by atoms with van der Waals surface area (Å²) in [4.78, 5) is 13.2. The SMILES string of the molecule is Cc1ncc(-c2nc3cc(C4(O)CCOC4)ccc3o2)c2cc(Cl)ncc12. The molecule has 0 radical (unpaired) electrons. The minimum absolute atomic E-state index is 0.293. The van der Waals surface area contributed by atoms with Crippen molar-refractivity contribution in [3.8, 4) is 11.5 Å². The number of rotatable bonds is 2. The summed E-state index contributed by atoms with van der Waals surface area (Å²) in [5.74, 6) is 0.455. The number of fused-ring (bicyclic) bond motifs is 2. The molecule has 1 atom stereocenters. The monoisotopic (exact) mass is 381 g/mol. The topological polar surface area (TPSA) is 81.3 Å². The molecule has 1 aliphatic rings. The van der Waals surface area contributed by atoms with Crippen molar-refractivity contribution in [3.63, 3.8) is 0 Å². The molecule has 0 amide bonds. The van der Waals surface area contributed by atoms with E-state index in [1.54, 1.807) is 18.5 Å². The van der Waals surface area contributed by atoms with Gasteiger partial charge in [-0.1, -0.05) is 17.7 Å². The minimum Gasteiger partial charge on any atom is -0.436 e. The molecule has 4 aromatic rings. The van der Waals surface area contributed by atoms with Gasteiger partial charge in [0, 0.05) is 41.9 Å². The average Bonchev–Trinajstić information content (AvgIpc) is 3.28. The van der Waals surface area contributed by atoms with Crippen LogP contribution in [-0.4, -0.2) is 33.3 Å². The number of hydrogen-bond acceptors (Lipinski definition) is 6. The van der Waals surface area contributed by atoms with Crippen molar-refractivity contribution in [2.45, 2.75) is 18.9 Å². The number of hydrogen-bond donors (Lipinski definition) is 1. The Hall–Kier alpha value is -2.54. The van der Waals surface area contributed by atoms with Crippen LogP contribution in [0, 0.1) is 6.92 Å². The van der Waals surface area contributed by atoms with Gasteiger partial charge in [0.15, 0.2) is 5.58 Å². The number of nitrogens with zero attached hydrogens (tertiary/aromatic N) is 3. The Morgan fingerprint density at radius 1 is 1.15 bits per heavy atom.